The molecule has 0 aliphatic carbocycles. The molecule has 0 spiro atoms. The molecule has 0 fully saturated rings. The summed E-state index contributed by atoms with van der Waals surface area (Å²) < 4.78 is 2.47. The highest BCUT2D eigenvalue weighted by molar-refractivity contribution is 14.1. The van der Waals surface area contributed by atoms with Crippen molar-refractivity contribution in [1.82, 2.24) is 19.5 Å². The Balaban J connectivity index is 2.30. The largest absolute Gasteiger partial charge is 0.307 e. The van der Waals surface area contributed by atoms with Crippen LogP contribution in [0.5, 0.6) is 0 Å². The monoisotopic (exact) mass is 477 g/mol. The molecule has 0 N–H and O–H groups in total. The van der Waals surface area contributed by atoms with E-state index in [2.05, 4.69) is 43.6 Å². The zero-order valence-electron chi connectivity index (χ0n) is 11.6. The zero-order valence-corrected chi connectivity index (χ0v) is 16.0. The van der Waals surface area contributed by atoms with Gasteiger partial charge in [-0.2, -0.15) is 5.26 Å². The third-order valence-electron chi connectivity index (χ3n) is 3.40. The van der Waals surface area contributed by atoms with Gasteiger partial charge in [-0.3, -0.25) is 0 Å². The minimum atomic E-state index is -0.291. The van der Waals surface area contributed by atoms with E-state index in [0.29, 0.717) is 30.6 Å². The Morgan fingerprint density at radius 3 is 2.61 bits per heavy atom. The Morgan fingerprint density at radius 1 is 1.22 bits per heavy atom. The fraction of sp³-hybridized carbons (Fsp3) is 0.143. The highest BCUT2D eigenvalue weighted by atomic mass is 127. The normalized spacial score (nSPS) is 12.3. The number of fused-ring (bicyclic) bond motifs is 1. The minimum Gasteiger partial charge on any atom is -0.307 e. The van der Waals surface area contributed by atoms with Gasteiger partial charge in [-0.1, -0.05) is 34.8 Å². The first-order valence-electron chi connectivity index (χ1n) is 6.37. The first-order chi connectivity index (χ1) is 10.9. The summed E-state index contributed by atoms with van der Waals surface area (Å²) in [6.07, 6.45) is 3.05. The Bertz CT molecular complexity index is 963. The molecule has 0 aliphatic heterocycles. The molecule has 116 valence electrons. The van der Waals surface area contributed by atoms with Crippen molar-refractivity contribution in [2.45, 2.75) is 13.0 Å². The van der Waals surface area contributed by atoms with Gasteiger partial charge in [0.15, 0.2) is 5.65 Å². The standard InChI is InChI=1S/C14H7Cl3IN5/c1-6(7-4-20-10(16)2-8(7)15)23-9(3-19)12(18)13-14(23)22-11(17)5-21-13/h2,4-6H,1H3/t6-/m1/s1. The SMILES string of the molecule is C[C@H](c1cnc(Cl)cc1Cl)n1c(C#N)c(I)c2ncc(Cl)nc21. The topological polar surface area (TPSA) is 67.4 Å². The molecule has 1 atom stereocenters. The molecule has 0 unspecified atom stereocenters. The molecule has 3 aromatic heterocycles. The van der Waals surface area contributed by atoms with E-state index >= 15 is 0 Å². The minimum absolute atomic E-state index is 0.254. The molecule has 0 saturated carbocycles. The van der Waals surface area contributed by atoms with Gasteiger partial charge in [-0.15, -0.1) is 0 Å². The predicted octanol–water partition coefficient (Wildman–Crippen LogP) is 4.87. The van der Waals surface area contributed by atoms with Crippen LogP contribution in [-0.4, -0.2) is 19.5 Å². The molecule has 0 bridgehead atoms. The maximum atomic E-state index is 9.54. The van der Waals surface area contributed by atoms with Crippen LogP contribution in [0.4, 0.5) is 0 Å². The number of rotatable bonds is 2. The summed E-state index contributed by atoms with van der Waals surface area (Å²) >= 11 is 20.2. The smallest absolute Gasteiger partial charge is 0.163 e. The first-order valence-corrected chi connectivity index (χ1v) is 8.58. The van der Waals surface area contributed by atoms with Crippen LogP contribution in [0.15, 0.2) is 18.5 Å². The van der Waals surface area contributed by atoms with Gasteiger partial charge >= 0.3 is 0 Å². The molecule has 9 heteroatoms. The summed E-state index contributed by atoms with van der Waals surface area (Å²) in [5, 5.41) is 10.6. The van der Waals surface area contributed by atoms with Crippen LogP contribution in [0, 0.1) is 14.9 Å². The number of aromatic nitrogens is 4. The van der Waals surface area contributed by atoms with Crippen LogP contribution >= 0.6 is 57.4 Å². The van der Waals surface area contributed by atoms with E-state index < -0.39 is 0 Å². The van der Waals surface area contributed by atoms with E-state index in [1.54, 1.807) is 16.8 Å². The van der Waals surface area contributed by atoms with E-state index in [1.807, 2.05) is 6.92 Å². The predicted molar refractivity (Wildman–Crippen MR) is 98.0 cm³/mol. The summed E-state index contributed by atoms with van der Waals surface area (Å²) in [5.74, 6) is 0. The number of halogens is 4. The lowest BCUT2D eigenvalue weighted by molar-refractivity contribution is 0.647. The molecule has 0 saturated heterocycles. The highest BCUT2D eigenvalue weighted by Gasteiger charge is 2.24. The van der Waals surface area contributed by atoms with Crippen LogP contribution in [0.2, 0.25) is 15.3 Å². The summed E-state index contributed by atoms with van der Waals surface area (Å²) in [6.45, 7) is 1.90. The lowest BCUT2D eigenvalue weighted by Gasteiger charge is -2.17. The molecule has 3 aromatic rings. The Hall–Kier alpha value is -1.14. The summed E-state index contributed by atoms with van der Waals surface area (Å²) in [7, 11) is 0. The molecule has 0 radical (unpaired) electrons. The second-order valence-corrected chi connectivity index (χ2v) is 6.97. The van der Waals surface area contributed by atoms with Crippen LogP contribution in [-0.2, 0) is 0 Å². The summed E-state index contributed by atoms with van der Waals surface area (Å²) in [4.78, 5) is 12.7. The quantitative estimate of drug-likeness (QED) is 0.389. The molecule has 0 amide bonds. The number of nitrogens with zero attached hydrogens (tertiary/aromatic N) is 5. The lowest BCUT2D eigenvalue weighted by atomic mass is 10.1. The Morgan fingerprint density at radius 2 is 1.96 bits per heavy atom. The third-order valence-corrected chi connectivity index (χ3v) is 5.14. The fourth-order valence-corrected chi connectivity index (χ4v) is 3.76. The molecule has 0 aromatic carbocycles. The van der Waals surface area contributed by atoms with E-state index in [9.17, 15) is 5.26 Å². The molecule has 0 aliphatic rings. The van der Waals surface area contributed by atoms with Gasteiger partial charge in [0.05, 0.1) is 20.8 Å². The maximum Gasteiger partial charge on any atom is 0.163 e. The van der Waals surface area contributed by atoms with Crippen LogP contribution in [0.1, 0.15) is 24.2 Å². The number of pyridine rings is 1. The van der Waals surface area contributed by atoms with E-state index in [-0.39, 0.29) is 11.2 Å². The van der Waals surface area contributed by atoms with E-state index in [1.165, 1.54) is 6.20 Å². The van der Waals surface area contributed by atoms with Crippen LogP contribution < -0.4 is 0 Å². The second kappa shape index (κ2) is 6.40. The van der Waals surface area contributed by atoms with Crippen LogP contribution in [0.3, 0.4) is 0 Å². The van der Waals surface area contributed by atoms with Crippen molar-refractivity contribution in [3.63, 3.8) is 0 Å². The fourth-order valence-electron chi connectivity index (χ4n) is 2.35. The van der Waals surface area contributed by atoms with Gasteiger partial charge in [0, 0.05) is 11.8 Å². The first kappa shape index (κ1) is 16.7. The number of nitriles is 1. The highest BCUT2D eigenvalue weighted by Crippen LogP contribution is 2.34. The number of hydrogen-bond acceptors (Lipinski definition) is 4. The molecular weight excluding hydrogens is 471 g/mol. The van der Waals surface area contributed by atoms with Crippen LogP contribution in [0.25, 0.3) is 11.2 Å². The summed E-state index contributed by atoms with van der Waals surface area (Å²) in [6, 6.07) is 3.47. The number of hydrogen-bond donors (Lipinski definition) is 0. The van der Waals surface area contributed by atoms with Crippen molar-refractivity contribution in [2.75, 3.05) is 0 Å². The van der Waals surface area contributed by atoms with E-state index in [0.717, 1.165) is 5.56 Å². The maximum absolute atomic E-state index is 9.54. The Kier molecular flexibility index (Phi) is 4.65. The van der Waals surface area contributed by atoms with Crippen molar-refractivity contribution in [1.29, 1.82) is 5.26 Å². The molecule has 5 nitrogen and oxygen atoms in total. The van der Waals surface area contributed by atoms with Gasteiger partial charge in [0.25, 0.3) is 0 Å². The van der Waals surface area contributed by atoms with Crippen molar-refractivity contribution >= 4 is 68.6 Å². The van der Waals surface area contributed by atoms with E-state index in [4.69, 9.17) is 34.8 Å². The Labute approximate surface area is 160 Å². The lowest BCUT2D eigenvalue weighted by Crippen LogP contribution is -2.11. The average molecular weight is 479 g/mol. The molecule has 3 heterocycles. The molecule has 23 heavy (non-hydrogen) atoms. The third kappa shape index (κ3) is 2.87. The van der Waals surface area contributed by atoms with Crippen molar-refractivity contribution in [3.05, 3.63) is 48.6 Å². The summed E-state index contributed by atoms with van der Waals surface area (Å²) in [5.41, 5.74) is 2.32. The van der Waals surface area contributed by atoms with Crippen molar-refractivity contribution < 1.29 is 0 Å². The van der Waals surface area contributed by atoms with Gasteiger partial charge in [0.2, 0.25) is 0 Å². The van der Waals surface area contributed by atoms with Gasteiger partial charge in [-0.05, 0) is 35.6 Å². The molecule has 3 rings (SSSR count). The zero-order chi connectivity index (χ0) is 16.7. The van der Waals surface area contributed by atoms with Crippen molar-refractivity contribution in [3.8, 4) is 6.07 Å². The molecular formula is C14H7Cl3IN5. The second-order valence-electron chi connectivity index (χ2n) is 4.71. The van der Waals surface area contributed by atoms with Gasteiger partial charge in [-0.25, -0.2) is 15.0 Å². The van der Waals surface area contributed by atoms with Crippen molar-refractivity contribution in [2.24, 2.45) is 0 Å². The van der Waals surface area contributed by atoms with Gasteiger partial charge in [0.1, 0.15) is 27.6 Å². The average Bonchev–Trinajstić information content (AvgIpc) is 2.78. The van der Waals surface area contributed by atoms with Gasteiger partial charge < -0.3 is 4.57 Å².